The smallest absolute Gasteiger partial charge is 0.129 e. The van der Waals surface area contributed by atoms with Crippen LogP contribution in [-0.4, -0.2) is 44.3 Å². The maximum absolute atomic E-state index is 9.48. The van der Waals surface area contributed by atoms with Crippen LogP contribution in [0.5, 0.6) is 0 Å². The van der Waals surface area contributed by atoms with Crippen LogP contribution in [0.3, 0.4) is 0 Å². The topological polar surface area (TPSA) is 67.1 Å². The van der Waals surface area contributed by atoms with Gasteiger partial charge >= 0.3 is 0 Å². The van der Waals surface area contributed by atoms with Crippen molar-refractivity contribution in [3.63, 3.8) is 0 Å². The molecule has 0 radical (unpaired) electrons. The molecule has 1 aromatic carbocycles. The summed E-state index contributed by atoms with van der Waals surface area (Å²) in [6, 6.07) is 10.3. The van der Waals surface area contributed by atoms with E-state index in [0.29, 0.717) is 12.5 Å². The van der Waals surface area contributed by atoms with E-state index in [2.05, 4.69) is 27.3 Å². The van der Waals surface area contributed by atoms with E-state index in [1.54, 1.807) is 6.92 Å². The zero-order valence-corrected chi connectivity index (χ0v) is 15.5. The Balaban J connectivity index is 1.43. The number of benzene rings is 1. The van der Waals surface area contributed by atoms with Crippen LogP contribution in [0.15, 0.2) is 36.5 Å². The van der Waals surface area contributed by atoms with E-state index in [4.69, 9.17) is 16.6 Å². The number of nitrogens with zero attached hydrogens (tertiary/aromatic N) is 5. The van der Waals surface area contributed by atoms with Gasteiger partial charge in [-0.15, -0.1) is 5.10 Å². The summed E-state index contributed by atoms with van der Waals surface area (Å²) in [4.78, 5) is 7.10. The molecule has 7 heteroatoms. The molecule has 1 aliphatic rings. The third-order valence-corrected chi connectivity index (χ3v) is 5.10. The molecule has 1 fully saturated rings. The largest absolute Gasteiger partial charge is 0.393 e. The minimum atomic E-state index is -0.393. The Morgan fingerprint density at radius 3 is 2.81 bits per heavy atom. The maximum atomic E-state index is 9.48. The highest BCUT2D eigenvalue weighted by Crippen LogP contribution is 2.27. The Kier molecular flexibility index (Phi) is 4.78. The van der Waals surface area contributed by atoms with Crippen molar-refractivity contribution < 1.29 is 5.11 Å². The summed E-state index contributed by atoms with van der Waals surface area (Å²) in [5, 5.41) is 19.7. The SMILES string of the molecule is CC(O)Cc1cn(C2CCN(c3ccc4cc(Cl)ccc4n3)CC2)nn1. The zero-order valence-electron chi connectivity index (χ0n) is 14.7. The van der Waals surface area contributed by atoms with Crippen LogP contribution >= 0.6 is 11.6 Å². The second kappa shape index (κ2) is 7.21. The maximum Gasteiger partial charge on any atom is 0.129 e. The molecule has 0 saturated carbocycles. The van der Waals surface area contributed by atoms with Crippen molar-refractivity contribution in [3.05, 3.63) is 47.2 Å². The van der Waals surface area contributed by atoms with Crippen molar-refractivity contribution in [2.45, 2.75) is 38.3 Å². The standard InChI is InChI=1S/C19H22ClN5O/c1-13(26)10-16-12-25(23-22-16)17-6-8-24(9-7-17)19-5-2-14-11-15(20)3-4-18(14)21-19/h2-5,11-13,17,26H,6-10H2,1H3. The van der Waals surface area contributed by atoms with Gasteiger partial charge < -0.3 is 10.0 Å². The van der Waals surface area contributed by atoms with Gasteiger partial charge in [-0.1, -0.05) is 16.8 Å². The Morgan fingerprint density at radius 1 is 1.23 bits per heavy atom. The molecule has 1 unspecified atom stereocenters. The molecule has 1 atom stereocenters. The Morgan fingerprint density at radius 2 is 2.04 bits per heavy atom. The summed E-state index contributed by atoms with van der Waals surface area (Å²) in [6.07, 6.45) is 4.11. The lowest BCUT2D eigenvalue weighted by Gasteiger charge is -2.32. The van der Waals surface area contributed by atoms with Gasteiger partial charge in [-0.05, 0) is 50.1 Å². The van der Waals surface area contributed by atoms with Gasteiger partial charge in [0.2, 0.25) is 0 Å². The van der Waals surface area contributed by atoms with Gasteiger partial charge in [-0.2, -0.15) is 0 Å². The highest BCUT2D eigenvalue weighted by molar-refractivity contribution is 6.31. The van der Waals surface area contributed by atoms with Crippen LogP contribution in [0.25, 0.3) is 10.9 Å². The van der Waals surface area contributed by atoms with Crippen molar-refractivity contribution in [3.8, 4) is 0 Å². The first-order valence-corrected chi connectivity index (χ1v) is 9.36. The molecule has 1 N–H and O–H groups in total. The zero-order chi connectivity index (χ0) is 18.1. The molecule has 136 valence electrons. The van der Waals surface area contributed by atoms with E-state index in [-0.39, 0.29) is 0 Å². The van der Waals surface area contributed by atoms with Crippen molar-refractivity contribution in [1.29, 1.82) is 0 Å². The van der Waals surface area contributed by atoms with E-state index >= 15 is 0 Å². The average Bonchev–Trinajstić information content (AvgIpc) is 3.09. The predicted octanol–water partition coefficient (Wildman–Crippen LogP) is 3.24. The van der Waals surface area contributed by atoms with Crippen molar-refractivity contribution in [2.75, 3.05) is 18.0 Å². The molecule has 1 saturated heterocycles. The summed E-state index contributed by atoms with van der Waals surface area (Å²) in [5.74, 6) is 1.01. The van der Waals surface area contributed by atoms with E-state index in [0.717, 1.165) is 53.4 Å². The number of pyridine rings is 1. The van der Waals surface area contributed by atoms with Gasteiger partial charge in [0.1, 0.15) is 5.82 Å². The average molecular weight is 372 g/mol. The number of aliphatic hydroxyl groups excluding tert-OH is 1. The second-order valence-corrected chi connectivity index (χ2v) is 7.40. The van der Waals surface area contributed by atoms with Crippen LogP contribution in [0.1, 0.15) is 31.5 Å². The predicted molar refractivity (Wildman–Crippen MR) is 103 cm³/mol. The van der Waals surface area contributed by atoms with Gasteiger partial charge in [0.15, 0.2) is 0 Å². The number of halogens is 1. The number of aliphatic hydroxyl groups is 1. The molecule has 0 spiro atoms. The summed E-state index contributed by atoms with van der Waals surface area (Å²) in [5.41, 5.74) is 1.81. The van der Waals surface area contributed by atoms with Gasteiger partial charge in [0.05, 0.1) is 23.4 Å². The van der Waals surface area contributed by atoms with Gasteiger partial charge in [0, 0.05) is 36.1 Å². The summed E-state index contributed by atoms with van der Waals surface area (Å²) in [7, 11) is 0. The Labute approximate surface area is 157 Å². The normalized spacial score (nSPS) is 17.0. The fourth-order valence-electron chi connectivity index (χ4n) is 3.51. The molecule has 0 amide bonds. The monoisotopic (exact) mass is 371 g/mol. The number of rotatable bonds is 4. The second-order valence-electron chi connectivity index (χ2n) is 6.97. The molecule has 3 aromatic rings. The molecule has 3 heterocycles. The summed E-state index contributed by atoms with van der Waals surface area (Å²) in [6.45, 7) is 3.63. The van der Waals surface area contributed by atoms with Crippen molar-refractivity contribution >= 4 is 28.3 Å². The van der Waals surface area contributed by atoms with E-state index in [9.17, 15) is 5.11 Å². The van der Waals surface area contributed by atoms with Crippen LogP contribution in [0, 0.1) is 0 Å². The van der Waals surface area contributed by atoms with Crippen LogP contribution in [0.2, 0.25) is 5.02 Å². The summed E-state index contributed by atoms with van der Waals surface area (Å²) >= 11 is 6.05. The minimum absolute atomic E-state index is 0.348. The fraction of sp³-hybridized carbons (Fsp3) is 0.421. The molecule has 1 aliphatic heterocycles. The van der Waals surface area contributed by atoms with Crippen molar-refractivity contribution in [1.82, 2.24) is 20.0 Å². The molecule has 6 nitrogen and oxygen atoms in total. The molecule has 26 heavy (non-hydrogen) atoms. The third kappa shape index (κ3) is 3.66. The van der Waals surface area contributed by atoms with Crippen LogP contribution in [-0.2, 0) is 6.42 Å². The van der Waals surface area contributed by atoms with Crippen molar-refractivity contribution in [2.24, 2.45) is 0 Å². The van der Waals surface area contributed by atoms with Crippen LogP contribution < -0.4 is 4.90 Å². The molecular weight excluding hydrogens is 350 g/mol. The summed E-state index contributed by atoms with van der Waals surface area (Å²) < 4.78 is 1.95. The quantitative estimate of drug-likeness (QED) is 0.762. The van der Waals surface area contributed by atoms with Gasteiger partial charge in [-0.3, -0.25) is 0 Å². The number of hydrogen-bond donors (Lipinski definition) is 1. The third-order valence-electron chi connectivity index (χ3n) is 4.86. The lowest BCUT2D eigenvalue weighted by atomic mass is 10.1. The number of piperidine rings is 1. The van der Waals surface area contributed by atoms with E-state index in [1.807, 2.05) is 29.1 Å². The van der Waals surface area contributed by atoms with E-state index in [1.165, 1.54) is 0 Å². The lowest BCUT2D eigenvalue weighted by molar-refractivity contribution is 0.194. The molecular formula is C19H22ClN5O. The highest BCUT2D eigenvalue weighted by Gasteiger charge is 2.22. The van der Waals surface area contributed by atoms with Crippen LogP contribution in [0.4, 0.5) is 5.82 Å². The molecule has 2 aromatic heterocycles. The Bertz CT molecular complexity index is 902. The lowest BCUT2D eigenvalue weighted by Crippen LogP contribution is -2.35. The number of fused-ring (bicyclic) bond motifs is 1. The molecule has 4 rings (SSSR count). The van der Waals surface area contributed by atoms with Gasteiger partial charge in [-0.25, -0.2) is 9.67 Å². The van der Waals surface area contributed by atoms with Gasteiger partial charge in [0.25, 0.3) is 0 Å². The first-order chi connectivity index (χ1) is 12.6. The molecule has 0 bridgehead atoms. The highest BCUT2D eigenvalue weighted by atomic mass is 35.5. The minimum Gasteiger partial charge on any atom is -0.393 e. The number of hydrogen-bond acceptors (Lipinski definition) is 5. The van der Waals surface area contributed by atoms with E-state index < -0.39 is 6.10 Å². The first-order valence-electron chi connectivity index (χ1n) is 8.98. The Hall–Kier alpha value is -2.18. The fourth-order valence-corrected chi connectivity index (χ4v) is 3.69. The first kappa shape index (κ1) is 17.2. The number of anilines is 1. The molecule has 0 aliphatic carbocycles. The number of aromatic nitrogens is 4.